The Hall–Kier alpha value is -3.37. The zero-order valence-corrected chi connectivity index (χ0v) is 19.2. The number of hydrogen-bond donors (Lipinski definition) is 0. The SMILES string of the molecule is CCc1ccc(Oc2ccc([N+](C)=O)c(C#N)c2)cc1C1C(=O)C(C)(C)OC(C)(C)C1=O. The van der Waals surface area contributed by atoms with Crippen LogP contribution in [-0.2, 0) is 20.7 Å². The van der Waals surface area contributed by atoms with Crippen molar-refractivity contribution < 1.29 is 23.8 Å². The first-order valence-electron chi connectivity index (χ1n) is 10.5. The summed E-state index contributed by atoms with van der Waals surface area (Å²) >= 11 is 0. The second kappa shape index (κ2) is 8.29. The van der Waals surface area contributed by atoms with Crippen LogP contribution in [0.25, 0.3) is 0 Å². The minimum Gasteiger partial charge on any atom is -0.457 e. The van der Waals surface area contributed by atoms with Gasteiger partial charge in [0.05, 0.1) is 0 Å². The maximum atomic E-state index is 13.2. The number of Topliss-reactive ketones (excluding diaryl/α,β-unsaturated/α-hetero) is 2. The fourth-order valence-electron chi connectivity index (χ4n) is 4.14. The van der Waals surface area contributed by atoms with E-state index in [4.69, 9.17) is 9.47 Å². The molecule has 0 spiro atoms. The molecule has 0 amide bonds. The molecular weight excluding hydrogens is 408 g/mol. The summed E-state index contributed by atoms with van der Waals surface area (Å²) in [6.45, 7) is 8.68. The monoisotopic (exact) mass is 435 g/mol. The van der Waals surface area contributed by atoms with Gasteiger partial charge in [0, 0.05) is 21.8 Å². The van der Waals surface area contributed by atoms with E-state index in [1.165, 1.54) is 19.2 Å². The molecule has 0 aromatic heterocycles. The number of rotatable bonds is 5. The molecule has 1 fully saturated rings. The van der Waals surface area contributed by atoms with E-state index < -0.39 is 17.1 Å². The van der Waals surface area contributed by atoms with Gasteiger partial charge in [-0.15, -0.1) is 0 Å². The second-order valence-corrected chi connectivity index (χ2v) is 8.89. The molecule has 0 N–H and O–H groups in total. The average Bonchev–Trinajstić information content (AvgIpc) is 2.72. The smallest absolute Gasteiger partial charge is 0.273 e. The van der Waals surface area contributed by atoms with Crippen molar-refractivity contribution in [3.63, 3.8) is 0 Å². The highest BCUT2D eigenvalue weighted by Crippen LogP contribution is 2.41. The normalized spacial score (nSPS) is 17.7. The molecule has 1 aliphatic rings. The van der Waals surface area contributed by atoms with Gasteiger partial charge >= 0.3 is 0 Å². The fraction of sp³-hybridized carbons (Fsp3) is 0.400. The van der Waals surface area contributed by atoms with Crippen molar-refractivity contribution in [3.05, 3.63) is 58.0 Å². The Morgan fingerprint density at radius 3 is 2.12 bits per heavy atom. The highest BCUT2D eigenvalue weighted by Gasteiger charge is 2.53. The van der Waals surface area contributed by atoms with Gasteiger partial charge in [0.2, 0.25) is 0 Å². The summed E-state index contributed by atoms with van der Waals surface area (Å²) in [6, 6.07) is 11.9. The third kappa shape index (κ3) is 4.19. The van der Waals surface area contributed by atoms with Crippen molar-refractivity contribution in [2.24, 2.45) is 0 Å². The van der Waals surface area contributed by atoms with Crippen molar-refractivity contribution in [2.45, 2.75) is 58.2 Å². The predicted octanol–water partition coefficient (Wildman–Crippen LogP) is 4.76. The number of ether oxygens (including phenoxy) is 2. The van der Waals surface area contributed by atoms with Gasteiger partial charge in [0.25, 0.3) is 5.69 Å². The van der Waals surface area contributed by atoms with Crippen molar-refractivity contribution in [2.75, 3.05) is 7.05 Å². The van der Waals surface area contributed by atoms with Gasteiger partial charge in [0.1, 0.15) is 40.3 Å². The van der Waals surface area contributed by atoms with Gasteiger partial charge in [0.15, 0.2) is 18.6 Å². The molecule has 0 radical (unpaired) electrons. The minimum atomic E-state index is -1.11. The van der Waals surface area contributed by atoms with E-state index in [9.17, 15) is 19.8 Å². The first kappa shape index (κ1) is 23.3. The summed E-state index contributed by atoms with van der Waals surface area (Å²) in [5.74, 6) is -0.746. The Morgan fingerprint density at radius 1 is 1.03 bits per heavy atom. The van der Waals surface area contributed by atoms with Gasteiger partial charge in [-0.25, -0.2) is 0 Å². The lowest BCUT2D eigenvalue weighted by molar-refractivity contribution is -0.428. The Kier molecular flexibility index (Phi) is 6.03. The Bertz CT molecular complexity index is 1130. The molecule has 0 unspecified atom stereocenters. The quantitative estimate of drug-likeness (QED) is 0.496. The van der Waals surface area contributed by atoms with Gasteiger partial charge in [-0.05, 0) is 63.4 Å². The minimum absolute atomic E-state index is 0.184. The van der Waals surface area contributed by atoms with Crippen LogP contribution < -0.4 is 4.74 Å². The number of hydrogen-bond acceptors (Lipinski definition) is 6. The molecule has 1 aliphatic heterocycles. The highest BCUT2D eigenvalue weighted by molar-refractivity contribution is 6.15. The number of nitriles is 1. The highest BCUT2D eigenvalue weighted by atomic mass is 16.5. The molecular formula is C25H27N2O5+. The Morgan fingerprint density at radius 2 is 1.59 bits per heavy atom. The molecule has 3 rings (SSSR count). The van der Waals surface area contributed by atoms with Crippen LogP contribution in [0.4, 0.5) is 5.69 Å². The number of carbonyl (C=O) groups excluding carboxylic acids is 2. The van der Waals surface area contributed by atoms with E-state index in [2.05, 4.69) is 0 Å². The van der Waals surface area contributed by atoms with Crippen LogP contribution in [0.2, 0.25) is 0 Å². The average molecular weight is 436 g/mol. The summed E-state index contributed by atoms with van der Waals surface area (Å²) < 4.78 is 12.4. The zero-order valence-electron chi connectivity index (χ0n) is 19.2. The Balaban J connectivity index is 2.05. The van der Waals surface area contributed by atoms with E-state index in [1.807, 2.05) is 19.1 Å². The second-order valence-electron chi connectivity index (χ2n) is 8.89. The molecule has 1 saturated heterocycles. The lowest BCUT2D eigenvalue weighted by Gasteiger charge is -2.43. The van der Waals surface area contributed by atoms with E-state index in [0.717, 1.165) is 5.56 Å². The van der Waals surface area contributed by atoms with Crippen LogP contribution in [-0.4, -0.2) is 34.6 Å². The predicted molar refractivity (Wildman–Crippen MR) is 118 cm³/mol. The summed E-state index contributed by atoms with van der Waals surface area (Å²) in [6.07, 6.45) is 0.636. The van der Waals surface area contributed by atoms with Crippen LogP contribution in [0.5, 0.6) is 11.5 Å². The number of benzene rings is 2. The number of ketones is 2. The van der Waals surface area contributed by atoms with E-state index in [1.54, 1.807) is 45.9 Å². The first-order valence-corrected chi connectivity index (χ1v) is 10.5. The molecule has 0 saturated carbocycles. The van der Waals surface area contributed by atoms with Gasteiger partial charge in [-0.1, -0.05) is 13.0 Å². The first-order chi connectivity index (χ1) is 14.9. The van der Waals surface area contributed by atoms with E-state index >= 15 is 0 Å². The van der Waals surface area contributed by atoms with Crippen molar-refractivity contribution in [1.29, 1.82) is 5.26 Å². The third-order valence-electron chi connectivity index (χ3n) is 5.69. The number of nitroso groups, excluding NO2 is 1. The summed E-state index contributed by atoms with van der Waals surface area (Å²) in [5.41, 5.74) is -0.314. The molecule has 7 heteroatoms. The van der Waals surface area contributed by atoms with Crippen LogP contribution in [0.3, 0.4) is 0 Å². The van der Waals surface area contributed by atoms with Gasteiger partial charge in [-0.3, -0.25) is 9.59 Å². The summed E-state index contributed by atoms with van der Waals surface area (Å²) in [7, 11) is 1.32. The van der Waals surface area contributed by atoms with Crippen LogP contribution >= 0.6 is 0 Å². The van der Waals surface area contributed by atoms with Crippen molar-refractivity contribution >= 4 is 17.3 Å². The van der Waals surface area contributed by atoms with E-state index in [0.29, 0.717) is 28.2 Å². The fourth-order valence-corrected chi connectivity index (χ4v) is 4.14. The molecule has 1 heterocycles. The van der Waals surface area contributed by atoms with Crippen LogP contribution in [0, 0.1) is 16.2 Å². The molecule has 0 bridgehead atoms. The van der Waals surface area contributed by atoms with Crippen molar-refractivity contribution in [3.8, 4) is 17.6 Å². The number of aryl methyl sites for hydroxylation is 1. The largest absolute Gasteiger partial charge is 0.457 e. The van der Waals surface area contributed by atoms with Gasteiger partial charge in [-0.2, -0.15) is 5.26 Å². The summed E-state index contributed by atoms with van der Waals surface area (Å²) in [4.78, 5) is 38.0. The standard InChI is InChI=1S/C25H27N2O5/c1-7-15-8-9-18(31-17-10-11-20(27(6)30)16(12-17)14-26)13-19(15)21-22(28)24(2,3)32-25(4,5)23(21)29/h8-13,21H,7H2,1-6H3/q+1. The molecule has 0 atom stereocenters. The maximum absolute atomic E-state index is 13.2. The lowest BCUT2D eigenvalue weighted by Crippen LogP contribution is -2.58. The number of nitrogens with zero attached hydrogens (tertiary/aromatic N) is 2. The third-order valence-corrected chi connectivity index (χ3v) is 5.69. The molecule has 32 heavy (non-hydrogen) atoms. The molecule has 166 valence electrons. The molecule has 7 nitrogen and oxygen atoms in total. The van der Waals surface area contributed by atoms with Crippen LogP contribution in [0.1, 0.15) is 57.2 Å². The lowest BCUT2D eigenvalue weighted by atomic mass is 9.73. The number of carbonyl (C=O) groups is 2. The van der Waals surface area contributed by atoms with Gasteiger partial charge < -0.3 is 9.47 Å². The Labute approximate surface area is 187 Å². The van der Waals surface area contributed by atoms with E-state index in [-0.39, 0.29) is 22.8 Å². The summed E-state index contributed by atoms with van der Waals surface area (Å²) in [5, 5.41) is 9.34. The maximum Gasteiger partial charge on any atom is 0.273 e. The molecule has 0 aliphatic carbocycles. The van der Waals surface area contributed by atoms with Crippen LogP contribution in [0.15, 0.2) is 36.4 Å². The van der Waals surface area contributed by atoms with Crippen molar-refractivity contribution in [1.82, 2.24) is 0 Å². The topological polar surface area (TPSA) is 96.5 Å². The zero-order chi connectivity index (χ0) is 23.8. The molecule has 2 aromatic carbocycles. The molecule has 2 aromatic rings.